The van der Waals surface area contributed by atoms with Crippen LogP contribution >= 0.6 is 0 Å². The molecular formula is C64H45NOSi. The summed E-state index contributed by atoms with van der Waals surface area (Å²) >= 11 is 0. The molecule has 1 aromatic heterocycles. The zero-order valence-electron chi connectivity index (χ0n) is 36.9. The number of hydrogen-bond donors (Lipinski definition) is 0. The first kappa shape index (κ1) is 39.1. The van der Waals surface area contributed by atoms with Gasteiger partial charge in [0.05, 0.1) is 11.0 Å². The van der Waals surface area contributed by atoms with Crippen molar-refractivity contribution in [1.29, 1.82) is 0 Å². The smallest absolute Gasteiger partial charge is 0.188 e. The minimum absolute atomic E-state index is 0.400. The average molecular weight is 872 g/mol. The van der Waals surface area contributed by atoms with Crippen LogP contribution < -0.4 is 25.5 Å². The van der Waals surface area contributed by atoms with Gasteiger partial charge in [0.1, 0.15) is 11.5 Å². The van der Waals surface area contributed by atoms with Crippen molar-refractivity contribution in [1.82, 2.24) is 4.57 Å². The van der Waals surface area contributed by atoms with E-state index in [2.05, 4.69) is 259 Å². The lowest BCUT2D eigenvalue weighted by Gasteiger charge is -2.41. The highest BCUT2D eigenvalue weighted by molar-refractivity contribution is 7.21. The molecule has 2 atom stereocenters. The molecule has 67 heavy (non-hydrogen) atoms. The first-order chi connectivity index (χ1) is 33.2. The fraction of sp³-hybridized carbons (Fsp3) is 0.0312. The van der Waals surface area contributed by atoms with Gasteiger partial charge in [-0.2, -0.15) is 0 Å². The summed E-state index contributed by atoms with van der Waals surface area (Å²) in [6.07, 6.45) is 8.03. The van der Waals surface area contributed by atoms with Gasteiger partial charge in [-0.25, -0.2) is 0 Å². The highest BCUT2D eigenvalue weighted by Gasteiger charge is 2.49. The molecule has 2 nitrogen and oxygen atoms in total. The molecule has 0 amide bonds. The van der Waals surface area contributed by atoms with Gasteiger partial charge >= 0.3 is 0 Å². The maximum Gasteiger partial charge on any atom is 0.188 e. The molecule has 3 heteroatoms. The van der Waals surface area contributed by atoms with E-state index in [1.54, 1.807) is 0 Å². The molecule has 2 aliphatic rings. The van der Waals surface area contributed by atoms with E-state index >= 15 is 0 Å². The molecule has 0 N–H and O–H groups in total. The van der Waals surface area contributed by atoms with Crippen LogP contribution in [0, 0.1) is 0 Å². The van der Waals surface area contributed by atoms with Crippen molar-refractivity contribution in [3.05, 3.63) is 266 Å². The average Bonchev–Trinajstić information content (AvgIpc) is 3.75. The lowest BCUT2D eigenvalue weighted by Crippen LogP contribution is -2.76. The molecule has 2 heterocycles. The Kier molecular flexibility index (Phi) is 9.36. The largest absolute Gasteiger partial charge is 0.458 e. The molecule has 0 radical (unpaired) electrons. The van der Waals surface area contributed by atoms with E-state index < -0.39 is 8.07 Å². The topological polar surface area (TPSA) is 14.2 Å². The first-order valence-electron chi connectivity index (χ1n) is 23.3. The van der Waals surface area contributed by atoms with Crippen LogP contribution in [-0.4, -0.2) is 12.6 Å². The molecule has 1 aliphatic carbocycles. The summed E-state index contributed by atoms with van der Waals surface area (Å²) in [7, 11) is -3.10. The number of ether oxygens (including phenoxy) is 1. The third-order valence-electron chi connectivity index (χ3n) is 14.3. The monoisotopic (exact) mass is 871 g/mol. The summed E-state index contributed by atoms with van der Waals surface area (Å²) < 4.78 is 9.52. The van der Waals surface area contributed by atoms with Crippen LogP contribution in [0.1, 0.15) is 23.5 Å². The molecule has 11 aromatic rings. The van der Waals surface area contributed by atoms with Gasteiger partial charge in [-0.15, -0.1) is 0 Å². The number of fused-ring (bicyclic) bond motifs is 6. The van der Waals surface area contributed by atoms with Crippen molar-refractivity contribution < 1.29 is 4.74 Å². The van der Waals surface area contributed by atoms with Gasteiger partial charge in [0.15, 0.2) is 8.07 Å². The molecule has 0 saturated carbocycles. The molecule has 0 spiro atoms. The Morgan fingerprint density at radius 2 is 1.06 bits per heavy atom. The number of benzene rings is 10. The summed E-state index contributed by atoms with van der Waals surface area (Å²) in [5.74, 6) is 2.24. The van der Waals surface area contributed by atoms with Crippen LogP contribution in [0.4, 0.5) is 0 Å². The fourth-order valence-corrected chi connectivity index (χ4v) is 16.3. The van der Waals surface area contributed by atoms with Gasteiger partial charge in [-0.05, 0) is 119 Å². The number of hydrogen-bond acceptors (Lipinski definition) is 1. The lowest BCUT2D eigenvalue weighted by molar-refractivity contribution is 0.487. The van der Waals surface area contributed by atoms with Crippen molar-refractivity contribution in [3.8, 4) is 39.4 Å². The summed E-state index contributed by atoms with van der Waals surface area (Å²) in [5.41, 5.74) is 12.2. The molecule has 2 unspecified atom stereocenters. The van der Waals surface area contributed by atoms with Crippen molar-refractivity contribution in [2.24, 2.45) is 0 Å². The predicted molar refractivity (Wildman–Crippen MR) is 284 cm³/mol. The molecule has 316 valence electrons. The minimum atomic E-state index is -3.10. The Bertz CT molecular complexity index is 3720. The minimum Gasteiger partial charge on any atom is -0.458 e. The van der Waals surface area contributed by atoms with Crippen molar-refractivity contribution in [3.63, 3.8) is 0 Å². The number of allylic oxidation sites excluding steroid dienone is 4. The number of aromatic nitrogens is 1. The van der Waals surface area contributed by atoms with Crippen molar-refractivity contribution >= 4 is 67.0 Å². The van der Waals surface area contributed by atoms with Crippen LogP contribution in [-0.2, 0) is 0 Å². The van der Waals surface area contributed by atoms with Crippen LogP contribution in [0.15, 0.2) is 255 Å². The van der Waals surface area contributed by atoms with E-state index in [1.165, 1.54) is 86.7 Å². The van der Waals surface area contributed by atoms with Crippen LogP contribution in [0.3, 0.4) is 0 Å². The zero-order chi connectivity index (χ0) is 44.3. The molecule has 0 saturated heterocycles. The Labute approximate surface area is 392 Å². The quantitative estimate of drug-likeness (QED) is 0.146. The zero-order valence-corrected chi connectivity index (χ0v) is 37.9. The summed E-state index contributed by atoms with van der Waals surface area (Å²) in [6, 6.07) is 87.4. The number of nitrogens with zero attached hydrogens (tertiary/aromatic N) is 1. The van der Waals surface area contributed by atoms with E-state index in [0.717, 1.165) is 29.2 Å². The fourth-order valence-electron chi connectivity index (χ4n) is 11.1. The Morgan fingerprint density at radius 1 is 0.433 bits per heavy atom. The summed E-state index contributed by atoms with van der Waals surface area (Å²) in [5, 5.41) is 10.1. The van der Waals surface area contributed by atoms with Gasteiger partial charge < -0.3 is 9.30 Å². The normalized spacial score (nSPS) is 16.4. The van der Waals surface area contributed by atoms with Gasteiger partial charge in [0.25, 0.3) is 0 Å². The molecule has 0 fully saturated rings. The maximum absolute atomic E-state index is 7.11. The van der Waals surface area contributed by atoms with Gasteiger partial charge in [-0.3, -0.25) is 0 Å². The second-order valence-corrected chi connectivity index (χ2v) is 21.6. The Hall–Kier alpha value is -8.24. The second kappa shape index (κ2) is 16.0. The Balaban J connectivity index is 0.978. The van der Waals surface area contributed by atoms with Gasteiger partial charge in [0, 0.05) is 22.4 Å². The van der Waals surface area contributed by atoms with Gasteiger partial charge in [0.2, 0.25) is 0 Å². The maximum atomic E-state index is 7.11. The molecule has 0 bridgehead atoms. The van der Waals surface area contributed by atoms with Crippen molar-refractivity contribution in [2.75, 3.05) is 0 Å². The van der Waals surface area contributed by atoms with Crippen molar-refractivity contribution in [2.45, 2.75) is 12.3 Å². The first-order valence-corrected chi connectivity index (χ1v) is 25.3. The lowest BCUT2D eigenvalue weighted by atomic mass is 9.88. The summed E-state index contributed by atoms with van der Waals surface area (Å²) in [6.45, 7) is 0. The van der Waals surface area contributed by atoms with Crippen LogP contribution in [0.5, 0.6) is 11.5 Å². The van der Waals surface area contributed by atoms with E-state index in [1.807, 2.05) is 0 Å². The number of rotatable bonds is 7. The Morgan fingerprint density at radius 3 is 1.85 bits per heavy atom. The third-order valence-corrected chi connectivity index (χ3v) is 19.1. The predicted octanol–water partition coefficient (Wildman–Crippen LogP) is 13.9. The second-order valence-electron chi connectivity index (χ2n) is 17.9. The standard InChI is InChI=1S/C64H45NOSi/c1-3-16-44(17-4-1)45-30-32-46(33-31-45)48-20-15-21-49(40-48)52-36-39-64-61(43-52)66-60-27-12-14-29-63(60)67(64,62-28-13-9-22-55(62)47-18-5-2-6-19-47)54-38-35-50-41-53(37-34-51(50)42-54)65-58-25-10-7-23-56(58)57-24-8-11-26-59(57)65/h1-30,32-43,45H,31H2. The summed E-state index contributed by atoms with van der Waals surface area (Å²) in [4.78, 5) is 0. The van der Waals surface area contributed by atoms with E-state index in [4.69, 9.17) is 4.74 Å². The molecule has 13 rings (SSSR count). The molecule has 1 aliphatic heterocycles. The van der Waals surface area contributed by atoms with E-state index in [-0.39, 0.29) is 0 Å². The SMILES string of the molecule is C1=CC(c2ccccc2)CC=C1c1cccc(-c2ccc3c(c2)Oc2ccccc2[Si]3(c2ccc3cc(-n4c5ccccc5c5ccccc54)ccc3c2)c2ccccc2-c2ccccc2)c1. The van der Waals surface area contributed by atoms with Crippen LogP contribution in [0.2, 0.25) is 0 Å². The van der Waals surface area contributed by atoms with Gasteiger partial charge in [-0.1, -0.05) is 212 Å². The third kappa shape index (κ3) is 6.46. The molecular weight excluding hydrogens is 827 g/mol. The molecule has 10 aromatic carbocycles. The van der Waals surface area contributed by atoms with Crippen LogP contribution in [0.25, 0.3) is 66.1 Å². The number of para-hydroxylation sites is 3. The van der Waals surface area contributed by atoms with E-state index in [9.17, 15) is 0 Å². The highest BCUT2D eigenvalue weighted by atomic mass is 28.3. The van der Waals surface area contributed by atoms with E-state index in [0.29, 0.717) is 5.92 Å². The highest BCUT2D eigenvalue weighted by Crippen LogP contribution is 2.38.